The van der Waals surface area contributed by atoms with E-state index >= 15 is 0 Å². The molecule has 1 aromatic carbocycles. The predicted molar refractivity (Wildman–Crippen MR) is 87.1 cm³/mol. The fraction of sp³-hybridized carbons (Fsp3) is 0.667. The first-order valence-electron chi connectivity index (χ1n) is 8.04. The van der Waals surface area contributed by atoms with E-state index in [9.17, 15) is 0 Å². The summed E-state index contributed by atoms with van der Waals surface area (Å²) in [5.41, 5.74) is 2.67. The van der Waals surface area contributed by atoms with Crippen molar-refractivity contribution < 1.29 is 9.47 Å². The van der Waals surface area contributed by atoms with Gasteiger partial charge in [0, 0.05) is 13.2 Å². The smallest absolute Gasteiger partial charge is 0.122 e. The molecule has 0 spiro atoms. The van der Waals surface area contributed by atoms with Crippen LogP contribution in [-0.2, 0) is 11.2 Å². The highest BCUT2D eigenvalue weighted by Gasteiger charge is 2.38. The van der Waals surface area contributed by atoms with Gasteiger partial charge in [0.05, 0.1) is 12.7 Å². The quantitative estimate of drug-likeness (QED) is 0.795. The molecule has 0 amide bonds. The van der Waals surface area contributed by atoms with Gasteiger partial charge in [-0.05, 0) is 57.2 Å². The second-order valence-corrected chi connectivity index (χ2v) is 6.22. The lowest BCUT2D eigenvalue weighted by molar-refractivity contribution is -0.0833. The first-order chi connectivity index (χ1) is 10.1. The SMILES string of the molecule is CCNC(Cc1cc(C)ccc1OC)CC1(OC)CCC1. The number of rotatable bonds is 8. The predicted octanol–water partition coefficient (Wildman–Crippen LogP) is 3.48. The number of ether oxygens (including phenoxy) is 2. The van der Waals surface area contributed by atoms with Gasteiger partial charge in [-0.3, -0.25) is 0 Å². The summed E-state index contributed by atoms with van der Waals surface area (Å²) < 4.78 is 11.3. The van der Waals surface area contributed by atoms with Crippen LogP contribution in [-0.4, -0.2) is 32.4 Å². The molecule has 1 aliphatic rings. The average Bonchev–Trinajstić information content (AvgIpc) is 2.43. The van der Waals surface area contributed by atoms with Gasteiger partial charge in [-0.15, -0.1) is 0 Å². The number of nitrogens with one attached hydrogen (secondary N) is 1. The number of benzene rings is 1. The van der Waals surface area contributed by atoms with Crippen LogP contribution in [0.1, 0.15) is 43.7 Å². The van der Waals surface area contributed by atoms with E-state index in [2.05, 4.69) is 37.4 Å². The minimum Gasteiger partial charge on any atom is -0.496 e. The van der Waals surface area contributed by atoms with Crippen molar-refractivity contribution in [2.45, 2.75) is 57.6 Å². The first-order valence-corrected chi connectivity index (χ1v) is 8.04. The van der Waals surface area contributed by atoms with Crippen LogP contribution in [0.4, 0.5) is 0 Å². The van der Waals surface area contributed by atoms with Crippen molar-refractivity contribution in [2.75, 3.05) is 20.8 Å². The van der Waals surface area contributed by atoms with Crippen molar-refractivity contribution in [2.24, 2.45) is 0 Å². The lowest BCUT2D eigenvalue weighted by atomic mass is 9.75. The maximum atomic E-state index is 5.80. The largest absolute Gasteiger partial charge is 0.496 e. The molecule has 3 heteroatoms. The standard InChI is InChI=1S/C18H29NO2/c1-5-19-16(13-18(21-4)9-6-10-18)12-15-11-14(2)7-8-17(15)20-3/h7-8,11,16,19H,5-6,9-10,12-13H2,1-4H3. The zero-order valence-electron chi connectivity index (χ0n) is 13.9. The van der Waals surface area contributed by atoms with E-state index in [4.69, 9.17) is 9.47 Å². The molecule has 0 heterocycles. The van der Waals surface area contributed by atoms with E-state index in [0.717, 1.165) is 25.1 Å². The lowest BCUT2D eigenvalue weighted by Crippen LogP contribution is -2.46. The molecule has 1 unspecified atom stereocenters. The number of hydrogen-bond acceptors (Lipinski definition) is 3. The Bertz CT molecular complexity index is 449. The van der Waals surface area contributed by atoms with Gasteiger partial charge >= 0.3 is 0 Å². The molecule has 118 valence electrons. The summed E-state index contributed by atoms with van der Waals surface area (Å²) in [6.45, 7) is 5.28. The van der Waals surface area contributed by atoms with Crippen molar-refractivity contribution in [3.63, 3.8) is 0 Å². The van der Waals surface area contributed by atoms with Crippen LogP contribution >= 0.6 is 0 Å². The summed E-state index contributed by atoms with van der Waals surface area (Å²) in [6, 6.07) is 6.85. The molecule has 1 saturated carbocycles. The summed E-state index contributed by atoms with van der Waals surface area (Å²) in [7, 11) is 3.61. The number of likely N-dealkylation sites (N-methyl/N-ethyl adjacent to an activating group) is 1. The Kier molecular flexibility index (Phi) is 5.65. The van der Waals surface area contributed by atoms with Crippen LogP contribution in [0.25, 0.3) is 0 Å². The minimum absolute atomic E-state index is 0.101. The minimum atomic E-state index is 0.101. The van der Waals surface area contributed by atoms with Crippen LogP contribution in [0.5, 0.6) is 5.75 Å². The van der Waals surface area contributed by atoms with Gasteiger partial charge in [-0.2, -0.15) is 0 Å². The number of aryl methyl sites for hydroxylation is 1. The Labute approximate surface area is 129 Å². The Morgan fingerprint density at radius 2 is 2.05 bits per heavy atom. The monoisotopic (exact) mass is 291 g/mol. The van der Waals surface area contributed by atoms with Crippen LogP contribution in [0, 0.1) is 6.92 Å². The Hall–Kier alpha value is -1.06. The van der Waals surface area contributed by atoms with E-state index in [1.165, 1.54) is 30.4 Å². The van der Waals surface area contributed by atoms with Crippen molar-refractivity contribution in [3.05, 3.63) is 29.3 Å². The Balaban J connectivity index is 2.10. The van der Waals surface area contributed by atoms with Gasteiger partial charge < -0.3 is 14.8 Å². The zero-order valence-corrected chi connectivity index (χ0v) is 13.9. The lowest BCUT2D eigenvalue weighted by Gasteiger charge is -2.43. The number of methoxy groups -OCH3 is 2. The molecule has 1 atom stereocenters. The summed E-state index contributed by atoms with van der Waals surface area (Å²) in [5.74, 6) is 0.989. The summed E-state index contributed by atoms with van der Waals surface area (Å²) >= 11 is 0. The zero-order chi connectivity index (χ0) is 15.3. The maximum absolute atomic E-state index is 5.80. The third-order valence-corrected chi connectivity index (χ3v) is 4.71. The molecular weight excluding hydrogens is 262 g/mol. The topological polar surface area (TPSA) is 30.5 Å². The fourth-order valence-corrected chi connectivity index (χ4v) is 3.35. The van der Waals surface area contributed by atoms with E-state index in [0.29, 0.717) is 6.04 Å². The molecule has 0 bridgehead atoms. The van der Waals surface area contributed by atoms with Gasteiger partial charge in [0.2, 0.25) is 0 Å². The van der Waals surface area contributed by atoms with Gasteiger partial charge in [-0.1, -0.05) is 24.6 Å². The average molecular weight is 291 g/mol. The fourth-order valence-electron chi connectivity index (χ4n) is 3.35. The highest BCUT2D eigenvalue weighted by atomic mass is 16.5. The second-order valence-electron chi connectivity index (χ2n) is 6.22. The third kappa shape index (κ3) is 3.98. The van der Waals surface area contributed by atoms with Crippen molar-refractivity contribution in [1.82, 2.24) is 5.32 Å². The van der Waals surface area contributed by atoms with Gasteiger partial charge in [0.15, 0.2) is 0 Å². The molecule has 1 aromatic rings. The molecule has 0 aliphatic heterocycles. The summed E-state index contributed by atoms with van der Waals surface area (Å²) in [4.78, 5) is 0. The summed E-state index contributed by atoms with van der Waals surface area (Å²) in [6.07, 6.45) is 5.74. The molecule has 21 heavy (non-hydrogen) atoms. The normalized spacial score (nSPS) is 18.1. The van der Waals surface area contributed by atoms with Crippen LogP contribution in [0.15, 0.2) is 18.2 Å². The molecule has 1 aliphatic carbocycles. The molecule has 0 saturated heterocycles. The van der Waals surface area contributed by atoms with E-state index in [-0.39, 0.29) is 5.60 Å². The first kappa shape index (κ1) is 16.3. The van der Waals surface area contributed by atoms with Gasteiger partial charge in [0.1, 0.15) is 5.75 Å². The van der Waals surface area contributed by atoms with Gasteiger partial charge in [0.25, 0.3) is 0 Å². The van der Waals surface area contributed by atoms with E-state index in [1.807, 2.05) is 7.11 Å². The molecule has 1 fully saturated rings. The Morgan fingerprint density at radius 1 is 1.29 bits per heavy atom. The van der Waals surface area contributed by atoms with Crippen LogP contribution in [0.2, 0.25) is 0 Å². The molecule has 0 aromatic heterocycles. The molecule has 2 rings (SSSR count). The van der Waals surface area contributed by atoms with Crippen molar-refractivity contribution in [3.8, 4) is 5.75 Å². The molecular formula is C18H29NO2. The van der Waals surface area contributed by atoms with Crippen molar-refractivity contribution in [1.29, 1.82) is 0 Å². The number of hydrogen-bond donors (Lipinski definition) is 1. The van der Waals surface area contributed by atoms with Crippen molar-refractivity contribution >= 4 is 0 Å². The van der Waals surface area contributed by atoms with E-state index < -0.39 is 0 Å². The third-order valence-electron chi connectivity index (χ3n) is 4.71. The van der Waals surface area contributed by atoms with Gasteiger partial charge in [-0.25, -0.2) is 0 Å². The van der Waals surface area contributed by atoms with E-state index in [1.54, 1.807) is 7.11 Å². The van der Waals surface area contributed by atoms with Crippen LogP contribution in [0.3, 0.4) is 0 Å². The maximum Gasteiger partial charge on any atom is 0.122 e. The summed E-state index contributed by atoms with van der Waals surface area (Å²) in [5, 5.41) is 3.62. The second kappa shape index (κ2) is 7.28. The molecule has 1 N–H and O–H groups in total. The molecule has 3 nitrogen and oxygen atoms in total. The highest BCUT2D eigenvalue weighted by Crippen LogP contribution is 2.39. The Morgan fingerprint density at radius 3 is 2.57 bits per heavy atom. The van der Waals surface area contributed by atoms with Crippen LogP contribution < -0.4 is 10.1 Å². The molecule has 0 radical (unpaired) electrons. The highest BCUT2D eigenvalue weighted by molar-refractivity contribution is 5.37.